The molecular formula is C20H24N6O5S3. The third-order valence-electron chi connectivity index (χ3n) is 5.30. The maximum atomic E-state index is 13.1. The second-order valence-electron chi connectivity index (χ2n) is 7.62. The fourth-order valence-electron chi connectivity index (χ4n) is 3.70. The van der Waals surface area contributed by atoms with Gasteiger partial charge in [0.15, 0.2) is 10.8 Å². The Labute approximate surface area is 208 Å². The van der Waals surface area contributed by atoms with Gasteiger partial charge in [0, 0.05) is 29.2 Å². The van der Waals surface area contributed by atoms with Crippen LogP contribution in [0.1, 0.15) is 18.5 Å². The van der Waals surface area contributed by atoms with Crippen molar-refractivity contribution < 1.29 is 24.3 Å². The largest absolute Gasteiger partial charge is 0.477 e. The summed E-state index contributed by atoms with van der Waals surface area (Å²) in [6.45, 7) is 0.488. The first-order valence-electron chi connectivity index (χ1n) is 10.5. The van der Waals surface area contributed by atoms with Crippen LogP contribution < -0.4 is 16.8 Å². The number of nitrogens with two attached hydrogens (primary N) is 2. The highest BCUT2D eigenvalue weighted by Crippen LogP contribution is 2.41. The van der Waals surface area contributed by atoms with Crippen LogP contribution in [0.4, 0.5) is 5.13 Å². The number of thiazole rings is 1. The molecule has 3 aliphatic rings. The first kappa shape index (κ1) is 24.6. The van der Waals surface area contributed by atoms with Gasteiger partial charge < -0.3 is 26.7 Å². The summed E-state index contributed by atoms with van der Waals surface area (Å²) < 4.78 is 0. The van der Waals surface area contributed by atoms with Crippen LogP contribution in [-0.4, -0.2) is 79.8 Å². The van der Waals surface area contributed by atoms with Gasteiger partial charge in [0.2, 0.25) is 0 Å². The summed E-state index contributed by atoms with van der Waals surface area (Å²) in [5, 5.41) is 17.8. The molecule has 3 atom stereocenters. The SMILES string of the molecule is NCCSCC1=C(C(=O)O)N2C(=O)C(NC(=O)/C(=N/OC3C=CCC3)c3csc(N)n3)C2SC1. The number of hydrogen-bond donors (Lipinski definition) is 4. The highest BCUT2D eigenvalue weighted by atomic mass is 32.2. The molecule has 34 heavy (non-hydrogen) atoms. The predicted molar refractivity (Wildman–Crippen MR) is 132 cm³/mol. The van der Waals surface area contributed by atoms with Crippen LogP contribution in [0.15, 0.2) is 34.0 Å². The molecule has 6 N–H and O–H groups in total. The second kappa shape index (κ2) is 10.8. The van der Waals surface area contributed by atoms with E-state index in [1.165, 1.54) is 28.4 Å². The summed E-state index contributed by atoms with van der Waals surface area (Å²) >= 11 is 4.09. The van der Waals surface area contributed by atoms with E-state index in [9.17, 15) is 19.5 Å². The lowest BCUT2D eigenvalue weighted by Gasteiger charge is -2.49. The molecule has 11 nitrogen and oxygen atoms in total. The lowest BCUT2D eigenvalue weighted by atomic mass is 10.0. The number of β-lactam (4-membered cyclic amide) rings is 1. The normalized spacial score (nSPS) is 24.1. The molecule has 0 saturated carbocycles. The highest BCUT2D eigenvalue weighted by molar-refractivity contribution is 8.01. The molecule has 1 saturated heterocycles. The van der Waals surface area contributed by atoms with Crippen LogP contribution in [-0.2, 0) is 19.2 Å². The standard InChI is InChI=1S/C20H24N6O5S3/c21-5-6-32-7-10-8-33-18-14(17(28)26(18)15(10)19(29)30)24-16(27)13(12-9-34-20(22)23-12)25-31-11-3-1-2-4-11/h1,3,9,11,14,18H,2,4-8,21H2,(H2,22,23)(H,24,27)(H,29,30)/b25-13+. The minimum atomic E-state index is -1.16. The van der Waals surface area contributed by atoms with Crippen molar-refractivity contribution in [3.8, 4) is 0 Å². The number of thioether (sulfide) groups is 2. The maximum Gasteiger partial charge on any atom is 0.352 e. The van der Waals surface area contributed by atoms with Gasteiger partial charge in [0.05, 0.1) is 0 Å². The van der Waals surface area contributed by atoms with Gasteiger partial charge in [-0.25, -0.2) is 9.78 Å². The Balaban J connectivity index is 1.49. The zero-order valence-electron chi connectivity index (χ0n) is 18.0. The molecule has 1 aliphatic carbocycles. The number of carboxylic acids is 1. The van der Waals surface area contributed by atoms with E-state index in [1.54, 1.807) is 5.38 Å². The van der Waals surface area contributed by atoms with Crippen molar-refractivity contribution in [2.24, 2.45) is 10.9 Å². The fraction of sp³-hybridized carbons (Fsp3) is 0.450. The number of rotatable bonds is 10. The number of carboxylic acid groups (broad SMARTS) is 1. The number of hydrogen-bond acceptors (Lipinski definition) is 11. The summed E-state index contributed by atoms with van der Waals surface area (Å²) in [6.07, 6.45) is 5.21. The monoisotopic (exact) mass is 524 g/mol. The molecule has 2 aliphatic heterocycles. The minimum absolute atomic E-state index is 0.0127. The fourth-order valence-corrected chi connectivity index (χ4v) is 6.52. The van der Waals surface area contributed by atoms with E-state index >= 15 is 0 Å². The third kappa shape index (κ3) is 5.09. The second-order valence-corrected chi connectivity index (χ2v) is 10.7. The number of amides is 2. The number of carbonyl (C=O) groups excluding carboxylic acids is 2. The Kier molecular flexibility index (Phi) is 7.80. The average Bonchev–Trinajstić information content (AvgIpc) is 3.49. The lowest BCUT2D eigenvalue weighted by Crippen LogP contribution is -2.71. The van der Waals surface area contributed by atoms with Gasteiger partial charge in [0.25, 0.3) is 11.8 Å². The van der Waals surface area contributed by atoms with Crippen molar-refractivity contribution in [3.63, 3.8) is 0 Å². The maximum absolute atomic E-state index is 13.1. The number of carbonyl (C=O) groups is 3. The summed E-state index contributed by atoms with van der Waals surface area (Å²) in [5.74, 6) is -0.671. The van der Waals surface area contributed by atoms with E-state index in [1.807, 2.05) is 12.2 Å². The van der Waals surface area contributed by atoms with Gasteiger partial charge in [-0.15, -0.1) is 23.1 Å². The molecule has 3 unspecified atom stereocenters. The number of nitrogens with one attached hydrogen (secondary N) is 1. The van der Waals surface area contributed by atoms with Crippen LogP contribution in [0.25, 0.3) is 0 Å². The van der Waals surface area contributed by atoms with Crippen molar-refractivity contribution in [3.05, 3.63) is 34.5 Å². The van der Waals surface area contributed by atoms with Crippen molar-refractivity contribution in [2.75, 3.05) is 29.5 Å². The molecular weight excluding hydrogens is 500 g/mol. The van der Waals surface area contributed by atoms with Gasteiger partial charge in [-0.1, -0.05) is 11.2 Å². The zero-order valence-corrected chi connectivity index (χ0v) is 20.5. The van der Waals surface area contributed by atoms with E-state index in [-0.39, 0.29) is 28.3 Å². The summed E-state index contributed by atoms with van der Waals surface area (Å²) in [4.78, 5) is 48.8. The molecule has 14 heteroatoms. The van der Waals surface area contributed by atoms with Crippen LogP contribution in [0.3, 0.4) is 0 Å². The molecule has 0 bridgehead atoms. The first-order chi connectivity index (χ1) is 16.4. The quantitative estimate of drug-likeness (QED) is 0.112. The Morgan fingerprint density at radius 3 is 2.91 bits per heavy atom. The molecule has 0 radical (unpaired) electrons. The first-order valence-corrected chi connectivity index (χ1v) is 13.6. The Hall–Kier alpha value is -2.55. The Morgan fingerprint density at radius 1 is 1.44 bits per heavy atom. The zero-order chi connectivity index (χ0) is 24.2. The summed E-state index contributed by atoms with van der Waals surface area (Å²) in [7, 11) is 0. The van der Waals surface area contributed by atoms with Crippen LogP contribution in [0, 0.1) is 0 Å². The van der Waals surface area contributed by atoms with Gasteiger partial charge in [-0.3, -0.25) is 14.5 Å². The van der Waals surface area contributed by atoms with Crippen molar-refractivity contribution in [1.82, 2.24) is 15.2 Å². The van der Waals surface area contributed by atoms with Gasteiger partial charge >= 0.3 is 5.97 Å². The molecule has 1 aromatic rings. The Bertz CT molecular complexity index is 1070. The topological polar surface area (TPSA) is 173 Å². The predicted octanol–water partition coefficient (Wildman–Crippen LogP) is 0.595. The van der Waals surface area contributed by atoms with Crippen LogP contribution >= 0.6 is 34.9 Å². The number of aliphatic carboxylic acids is 1. The number of nitrogen functional groups attached to an aromatic ring is 1. The minimum Gasteiger partial charge on any atom is -0.477 e. The molecule has 2 amide bonds. The Morgan fingerprint density at radius 2 is 2.26 bits per heavy atom. The van der Waals surface area contributed by atoms with Crippen molar-refractivity contribution in [2.45, 2.75) is 30.4 Å². The summed E-state index contributed by atoms with van der Waals surface area (Å²) in [6, 6.07) is -0.891. The molecule has 3 heterocycles. The number of anilines is 1. The summed E-state index contributed by atoms with van der Waals surface area (Å²) in [5.41, 5.74) is 12.0. The van der Waals surface area contributed by atoms with Crippen molar-refractivity contribution in [1.29, 1.82) is 0 Å². The molecule has 182 valence electrons. The lowest BCUT2D eigenvalue weighted by molar-refractivity contribution is -0.150. The number of allylic oxidation sites excluding steroid dienone is 1. The van der Waals surface area contributed by atoms with E-state index in [0.717, 1.165) is 24.2 Å². The number of nitrogens with zero attached hydrogens (tertiary/aromatic N) is 3. The van der Waals surface area contributed by atoms with E-state index in [2.05, 4.69) is 15.5 Å². The smallest absolute Gasteiger partial charge is 0.352 e. The molecule has 0 spiro atoms. The number of oxime groups is 1. The molecule has 1 fully saturated rings. The van der Waals surface area contributed by atoms with E-state index in [4.69, 9.17) is 16.3 Å². The van der Waals surface area contributed by atoms with Gasteiger partial charge in [-0.2, -0.15) is 11.8 Å². The molecule has 1 aromatic heterocycles. The van der Waals surface area contributed by atoms with Crippen LogP contribution in [0.2, 0.25) is 0 Å². The third-order valence-corrected chi connectivity index (χ3v) is 8.39. The van der Waals surface area contributed by atoms with E-state index < -0.39 is 29.2 Å². The van der Waals surface area contributed by atoms with Gasteiger partial charge in [-0.05, 0) is 24.5 Å². The van der Waals surface area contributed by atoms with E-state index in [0.29, 0.717) is 29.4 Å². The van der Waals surface area contributed by atoms with Crippen molar-refractivity contribution >= 4 is 63.5 Å². The number of fused-ring (bicyclic) bond motifs is 1. The van der Waals surface area contributed by atoms with Gasteiger partial charge in [0.1, 0.15) is 28.9 Å². The molecule has 4 rings (SSSR count). The molecule has 0 aromatic carbocycles. The van der Waals surface area contributed by atoms with Crippen LogP contribution in [0.5, 0.6) is 0 Å². The highest BCUT2D eigenvalue weighted by Gasteiger charge is 2.54. The average molecular weight is 525 g/mol. The number of aromatic nitrogens is 1.